The predicted octanol–water partition coefficient (Wildman–Crippen LogP) is 5.79. The minimum absolute atomic E-state index is 0.0710. The number of anilines is 1. The molecular formula is C25H31F2N5. The van der Waals surface area contributed by atoms with Crippen molar-refractivity contribution in [2.75, 3.05) is 25.5 Å². The molecule has 3 heterocycles. The fourth-order valence-corrected chi connectivity index (χ4v) is 4.60. The van der Waals surface area contributed by atoms with Crippen LogP contribution >= 0.6 is 0 Å². The van der Waals surface area contributed by atoms with Crippen molar-refractivity contribution in [1.82, 2.24) is 19.9 Å². The first-order valence-corrected chi connectivity index (χ1v) is 11.3. The quantitative estimate of drug-likeness (QED) is 0.545. The number of pyridine rings is 1. The maximum Gasteiger partial charge on any atom is 0.165 e. The van der Waals surface area contributed by atoms with Crippen molar-refractivity contribution < 1.29 is 8.78 Å². The van der Waals surface area contributed by atoms with Crippen molar-refractivity contribution in [2.24, 2.45) is 0 Å². The minimum Gasteiger partial charge on any atom is -0.363 e. The maximum absolute atomic E-state index is 14.9. The number of alkyl halides is 1. The molecule has 1 fully saturated rings. The van der Waals surface area contributed by atoms with Crippen molar-refractivity contribution in [3.63, 3.8) is 0 Å². The highest BCUT2D eigenvalue weighted by Crippen LogP contribution is 2.34. The second-order valence-electron chi connectivity index (χ2n) is 8.96. The van der Waals surface area contributed by atoms with Gasteiger partial charge in [-0.2, -0.15) is 0 Å². The number of rotatable bonds is 5. The standard InChI is InChI=1S/C25H31F2N5/c1-14(26)19-7-6-8-20(23(19)27)15(2)28-24-22-13-21(18-9-11-32(5)12-10-18)16(3)29-25(22)31-17(4)30-24/h6-8,13-15,18H,9-12H2,1-5H3,(H,28,29,30,31)/t14?,15-/m1/s1. The van der Waals surface area contributed by atoms with E-state index in [9.17, 15) is 8.78 Å². The van der Waals surface area contributed by atoms with Crippen molar-refractivity contribution in [2.45, 2.75) is 58.7 Å². The van der Waals surface area contributed by atoms with E-state index >= 15 is 0 Å². The molecule has 3 aromatic rings. The Labute approximate surface area is 188 Å². The average Bonchev–Trinajstić information content (AvgIpc) is 2.73. The second-order valence-corrected chi connectivity index (χ2v) is 8.96. The van der Waals surface area contributed by atoms with Crippen LogP contribution < -0.4 is 5.32 Å². The topological polar surface area (TPSA) is 53.9 Å². The number of halogens is 2. The van der Waals surface area contributed by atoms with Crippen LogP contribution in [0.15, 0.2) is 24.3 Å². The van der Waals surface area contributed by atoms with Gasteiger partial charge in [-0.3, -0.25) is 0 Å². The third kappa shape index (κ3) is 4.44. The Balaban J connectivity index is 1.72. The number of hydrogen-bond acceptors (Lipinski definition) is 5. The molecule has 0 aliphatic carbocycles. The van der Waals surface area contributed by atoms with Gasteiger partial charge in [-0.15, -0.1) is 0 Å². The van der Waals surface area contributed by atoms with Gasteiger partial charge in [0, 0.05) is 16.8 Å². The number of aryl methyl sites for hydroxylation is 2. The molecule has 1 aromatic carbocycles. The Kier molecular flexibility index (Phi) is 6.38. The maximum atomic E-state index is 14.9. The molecule has 1 N–H and O–H groups in total. The molecule has 1 unspecified atom stereocenters. The number of nitrogens with zero attached hydrogens (tertiary/aromatic N) is 4. The van der Waals surface area contributed by atoms with E-state index in [4.69, 9.17) is 4.98 Å². The van der Waals surface area contributed by atoms with Gasteiger partial charge < -0.3 is 10.2 Å². The molecule has 0 spiro atoms. The van der Waals surface area contributed by atoms with Crippen LogP contribution in [0.3, 0.4) is 0 Å². The third-order valence-corrected chi connectivity index (χ3v) is 6.49. The van der Waals surface area contributed by atoms with Gasteiger partial charge in [0.15, 0.2) is 5.65 Å². The summed E-state index contributed by atoms with van der Waals surface area (Å²) in [6.07, 6.45) is 0.819. The first-order chi connectivity index (χ1) is 15.2. The van der Waals surface area contributed by atoms with Gasteiger partial charge in [0.05, 0.1) is 11.4 Å². The third-order valence-electron chi connectivity index (χ3n) is 6.49. The summed E-state index contributed by atoms with van der Waals surface area (Å²) in [4.78, 5) is 16.3. The molecule has 32 heavy (non-hydrogen) atoms. The lowest BCUT2D eigenvalue weighted by atomic mass is 9.88. The first kappa shape index (κ1) is 22.5. The molecule has 0 amide bonds. The number of likely N-dealkylation sites (tertiary alicyclic amines) is 1. The number of fused-ring (bicyclic) bond motifs is 1. The SMILES string of the molecule is Cc1nc(N[C@H](C)c2cccc(C(C)F)c2F)c2cc(C3CCN(C)CC3)c(C)nc2n1. The molecule has 1 aliphatic heterocycles. The van der Waals surface area contributed by atoms with E-state index in [0.717, 1.165) is 37.0 Å². The highest BCUT2D eigenvalue weighted by molar-refractivity contribution is 5.87. The van der Waals surface area contributed by atoms with Crippen LogP contribution in [0.25, 0.3) is 11.0 Å². The molecule has 7 heteroatoms. The summed E-state index contributed by atoms with van der Waals surface area (Å²) in [6.45, 7) is 9.20. The molecule has 0 saturated carbocycles. The van der Waals surface area contributed by atoms with Gasteiger partial charge in [-0.25, -0.2) is 23.7 Å². The Morgan fingerprint density at radius 2 is 1.75 bits per heavy atom. The smallest absolute Gasteiger partial charge is 0.165 e. The molecule has 170 valence electrons. The highest BCUT2D eigenvalue weighted by atomic mass is 19.1. The van der Waals surface area contributed by atoms with Crippen molar-refractivity contribution >= 4 is 16.9 Å². The lowest BCUT2D eigenvalue weighted by molar-refractivity contribution is 0.255. The zero-order valence-corrected chi connectivity index (χ0v) is 19.4. The van der Waals surface area contributed by atoms with Gasteiger partial charge in [0.2, 0.25) is 0 Å². The summed E-state index contributed by atoms with van der Waals surface area (Å²) < 4.78 is 28.7. The first-order valence-electron chi connectivity index (χ1n) is 11.3. The molecule has 5 nitrogen and oxygen atoms in total. The van der Waals surface area contributed by atoms with Gasteiger partial charge in [-0.05, 0) is 78.2 Å². The average molecular weight is 440 g/mol. The molecule has 1 aliphatic rings. The summed E-state index contributed by atoms with van der Waals surface area (Å²) in [5.74, 6) is 1.16. The van der Waals surface area contributed by atoms with Crippen LogP contribution in [0.4, 0.5) is 14.6 Å². The van der Waals surface area contributed by atoms with Crippen LogP contribution in [0, 0.1) is 19.7 Å². The van der Waals surface area contributed by atoms with E-state index in [2.05, 4.69) is 33.3 Å². The van der Waals surface area contributed by atoms with Crippen molar-refractivity contribution in [1.29, 1.82) is 0 Å². The van der Waals surface area contributed by atoms with Crippen LogP contribution in [-0.2, 0) is 0 Å². The van der Waals surface area contributed by atoms with E-state index < -0.39 is 18.0 Å². The largest absolute Gasteiger partial charge is 0.363 e. The van der Waals surface area contributed by atoms with E-state index in [-0.39, 0.29) is 5.56 Å². The van der Waals surface area contributed by atoms with Gasteiger partial charge in [0.25, 0.3) is 0 Å². The van der Waals surface area contributed by atoms with Gasteiger partial charge >= 0.3 is 0 Å². The molecule has 1 saturated heterocycles. The lowest BCUT2D eigenvalue weighted by Gasteiger charge is -2.30. The normalized spacial score (nSPS) is 17.5. The van der Waals surface area contributed by atoms with E-state index in [1.54, 1.807) is 12.1 Å². The number of aromatic nitrogens is 3. The van der Waals surface area contributed by atoms with Crippen LogP contribution in [0.1, 0.15) is 73.0 Å². The Morgan fingerprint density at radius 1 is 1.06 bits per heavy atom. The van der Waals surface area contributed by atoms with Crippen molar-refractivity contribution in [3.05, 3.63) is 58.3 Å². The van der Waals surface area contributed by atoms with Gasteiger partial charge in [-0.1, -0.05) is 18.2 Å². The Morgan fingerprint density at radius 3 is 2.44 bits per heavy atom. The zero-order valence-electron chi connectivity index (χ0n) is 19.4. The number of hydrogen-bond donors (Lipinski definition) is 1. The summed E-state index contributed by atoms with van der Waals surface area (Å²) in [7, 11) is 2.15. The highest BCUT2D eigenvalue weighted by Gasteiger charge is 2.23. The van der Waals surface area contributed by atoms with Crippen LogP contribution in [-0.4, -0.2) is 40.0 Å². The fourth-order valence-electron chi connectivity index (χ4n) is 4.60. The Bertz CT molecular complexity index is 1120. The second kappa shape index (κ2) is 9.06. The van der Waals surface area contributed by atoms with Crippen LogP contribution in [0.2, 0.25) is 0 Å². The molecule has 4 rings (SSSR count). The molecule has 2 aromatic heterocycles. The lowest BCUT2D eigenvalue weighted by Crippen LogP contribution is -2.29. The summed E-state index contributed by atoms with van der Waals surface area (Å²) in [5.41, 5.74) is 3.34. The summed E-state index contributed by atoms with van der Waals surface area (Å²) >= 11 is 0. The zero-order chi connectivity index (χ0) is 23.0. The Hall–Kier alpha value is -2.67. The fraction of sp³-hybridized carbons (Fsp3) is 0.480. The summed E-state index contributed by atoms with van der Waals surface area (Å²) in [5, 5.41) is 4.17. The number of piperidine rings is 1. The number of benzene rings is 1. The number of nitrogens with one attached hydrogen (secondary N) is 1. The predicted molar refractivity (Wildman–Crippen MR) is 124 cm³/mol. The van der Waals surface area contributed by atoms with E-state index in [0.29, 0.717) is 28.8 Å². The van der Waals surface area contributed by atoms with Gasteiger partial charge in [0.1, 0.15) is 23.6 Å². The monoisotopic (exact) mass is 439 g/mol. The van der Waals surface area contributed by atoms with E-state index in [1.807, 2.05) is 20.8 Å². The molecule has 0 radical (unpaired) electrons. The van der Waals surface area contributed by atoms with Crippen LogP contribution in [0.5, 0.6) is 0 Å². The van der Waals surface area contributed by atoms with E-state index in [1.165, 1.54) is 18.6 Å². The minimum atomic E-state index is -1.37. The van der Waals surface area contributed by atoms with Crippen molar-refractivity contribution in [3.8, 4) is 0 Å². The summed E-state index contributed by atoms with van der Waals surface area (Å²) in [6, 6.07) is 6.61. The molecule has 0 bridgehead atoms. The molecule has 2 atom stereocenters. The molecular weight excluding hydrogens is 408 g/mol.